The van der Waals surface area contributed by atoms with Crippen LogP contribution in [0.4, 0.5) is 11.5 Å². The van der Waals surface area contributed by atoms with Crippen LogP contribution < -0.4 is 16.5 Å². The van der Waals surface area contributed by atoms with Crippen molar-refractivity contribution in [1.29, 1.82) is 0 Å². The number of fused-ring (bicyclic) bond motifs is 1. The summed E-state index contributed by atoms with van der Waals surface area (Å²) >= 11 is 0. The molecule has 4 heterocycles. The van der Waals surface area contributed by atoms with E-state index >= 15 is 0 Å². The topological polar surface area (TPSA) is 132 Å². The van der Waals surface area contributed by atoms with E-state index in [1.807, 2.05) is 30.5 Å². The van der Waals surface area contributed by atoms with Gasteiger partial charge in [-0.15, -0.1) is 10.2 Å². The molecule has 34 heavy (non-hydrogen) atoms. The number of nitrogens with zero attached hydrogens (tertiary/aromatic N) is 5. The van der Waals surface area contributed by atoms with Crippen LogP contribution in [-0.4, -0.2) is 49.7 Å². The summed E-state index contributed by atoms with van der Waals surface area (Å²) in [5.74, 6) is 0.876. The molecule has 5 rings (SSSR count). The third-order valence-corrected chi connectivity index (χ3v) is 5.85. The molecule has 1 fully saturated rings. The van der Waals surface area contributed by atoms with E-state index in [4.69, 9.17) is 10.2 Å². The molecule has 1 atom stereocenters. The van der Waals surface area contributed by atoms with Gasteiger partial charge in [0, 0.05) is 31.2 Å². The van der Waals surface area contributed by atoms with Gasteiger partial charge in [0.15, 0.2) is 17.0 Å². The molecule has 0 saturated carbocycles. The predicted octanol–water partition coefficient (Wildman–Crippen LogP) is 2.94. The molecule has 1 amide bonds. The lowest BCUT2D eigenvalue weighted by Crippen LogP contribution is -2.32. The number of carbonyl (C=O) groups excluding carboxylic acids is 1. The Hall–Kier alpha value is -4.05. The van der Waals surface area contributed by atoms with E-state index in [0.29, 0.717) is 47.1 Å². The van der Waals surface area contributed by atoms with E-state index in [2.05, 4.69) is 20.5 Å². The summed E-state index contributed by atoms with van der Waals surface area (Å²) in [5.41, 5.74) is 7.10. The first-order chi connectivity index (χ1) is 16.4. The van der Waals surface area contributed by atoms with Crippen molar-refractivity contribution < 1.29 is 9.21 Å². The average Bonchev–Trinajstić information content (AvgIpc) is 3.48. The first-order valence-electron chi connectivity index (χ1n) is 11.2. The second kappa shape index (κ2) is 8.71. The lowest BCUT2D eigenvalue weighted by Gasteiger charge is -2.15. The molecule has 0 bridgehead atoms. The van der Waals surface area contributed by atoms with E-state index in [9.17, 15) is 9.59 Å². The Morgan fingerprint density at radius 1 is 1.24 bits per heavy atom. The minimum Gasteiger partial charge on any atom is -0.451 e. The van der Waals surface area contributed by atoms with Crippen molar-refractivity contribution in [1.82, 2.24) is 24.6 Å². The van der Waals surface area contributed by atoms with E-state index in [-0.39, 0.29) is 29.2 Å². The molecule has 1 aliphatic heterocycles. The van der Waals surface area contributed by atoms with Gasteiger partial charge >= 0.3 is 0 Å². The van der Waals surface area contributed by atoms with Crippen LogP contribution in [0.3, 0.4) is 0 Å². The van der Waals surface area contributed by atoms with Gasteiger partial charge in [-0.3, -0.25) is 9.59 Å². The first kappa shape index (κ1) is 21.8. The third-order valence-electron chi connectivity index (χ3n) is 5.85. The van der Waals surface area contributed by atoms with E-state index in [0.717, 1.165) is 6.42 Å². The number of carbonyl (C=O) groups is 1. The smallest absolute Gasteiger partial charge is 0.289 e. The fraction of sp³-hybridized carbons (Fsp3) is 0.292. The van der Waals surface area contributed by atoms with Crippen LogP contribution in [0.2, 0.25) is 0 Å². The van der Waals surface area contributed by atoms with Crippen molar-refractivity contribution in [2.45, 2.75) is 32.4 Å². The van der Waals surface area contributed by atoms with E-state index in [1.54, 1.807) is 35.5 Å². The summed E-state index contributed by atoms with van der Waals surface area (Å²) in [5, 5.41) is 11.7. The highest BCUT2D eigenvalue weighted by molar-refractivity contribution is 5.96. The number of nitrogens with two attached hydrogens (primary N) is 1. The van der Waals surface area contributed by atoms with Crippen LogP contribution in [0.1, 0.15) is 36.9 Å². The molecule has 0 radical (unpaired) electrons. The van der Waals surface area contributed by atoms with Crippen LogP contribution in [0.15, 0.2) is 58.0 Å². The van der Waals surface area contributed by atoms with E-state index in [1.165, 1.54) is 6.07 Å². The molecule has 0 spiro atoms. The summed E-state index contributed by atoms with van der Waals surface area (Å²) in [7, 11) is 0. The van der Waals surface area contributed by atoms with Gasteiger partial charge in [-0.1, -0.05) is 12.1 Å². The Bertz CT molecular complexity index is 1430. The first-order valence-corrected chi connectivity index (χ1v) is 11.2. The molecule has 10 nitrogen and oxygen atoms in total. The molecule has 4 aromatic rings. The second-order valence-corrected chi connectivity index (χ2v) is 8.64. The molecule has 10 heteroatoms. The highest BCUT2D eigenvalue weighted by Crippen LogP contribution is 2.26. The number of pyridine rings is 1. The molecule has 3 aromatic heterocycles. The largest absolute Gasteiger partial charge is 0.451 e. The van der Waals surface area contributed by atoms with Gasteiger partial charge in [0.25, 0.3) is 5.91 Å². The highest BCUT2D eigenvalue weighted by Gasteiger charge is 2.27. The maximum atomic E-state index is 13.0. The summed E-state index contributed by atoms with van der Waals surface area (Å²) in [6.45, 7) is 5.09. The maximum Gasteiger partial charge on any atom is 0.289 e. The predicted molar refractivity (Wildman–Crippen MR) is 128 cm³/mol. The summed E-state index contributed by atoms with van der Waals surface area (Å²) in [6.07, 6.45) is 2.41. The lowest BCUT2D eigenvalue weighted by molar-refractivity contribution is 0.0760. The minimum atomic E-state index is -0.325. The maximum absolute atomic E-state index is 13.0. The van der Waals surface area contributed by atoms with Gasteiger partial charge in [0.1, 0.15) is 23.4 Å². The highest BCUT2D eigenvalue weighted by atomic mass is 16.3. The van der Waals surface area contributed by atoms with Crippen LogP contribution in [0, 0.1) is 0 Å². The molecule has 1 aromatic carbocycles. The second-order valence-electron chi connectivity index (χ2n) is 8.64. The Morgan fingerprint density at radius 3 is 2.82 bits per heavy atom. The average molecular weight is 460 g/mol. The molecular formula is C24H25N7O3. The van der Waals surface area contributed by atoms with Crippen LogP contribution in [-0.2, 0) is 0 Å². The molecule has 3 N–H and O–H groups in total. The molecule has 0 aliphatic carbocycles. The van der Waals surface area contributed by atoms with Gasteiger partial charge in [-0.2, -0.15) is 0 Å². The van der Waals surface area contributed by atoms with Gasteiger partial charge in [-0.25, -0.2) is 4.98 Å². The lowest BCUT2D eigenvalue weighted by atomic mass is 10.1. The molecule has 1 aliphatic rings. The SMILES string of the molecule is CC(C)n1cnnc1-c1cccc(Nc2cccc3oc(C(=O)N4CC[C@@H](N)C4)cc(=O)c23)n1. The molecular weight excluding hydrogens is 434 g/mol. The standard InChI is InChI=1S/C24H25N7O3/c1-14(2)31-13-26-29-23(31)17-6-4-8-21(28-17)27-16-5-3-7-19-22(16)18(32)11-20(34-19)24(33)30-10-9-15(25)12-30/h3-8,11,13-15H,9-10,12,25H2,1-2H3,(H,27,28)/t15-/m1/s1. The van der Waals surface area contributed by atoms with Crippen molar-refractivity contribution in [2.24, 2.45) is 5.73 Å². The van der Waals surface area contributed by atoms with Gasteiger partial charge < -0.3 is 24.9 Å². The number of amides is 1. The Balaban J connectivity index is 1.48. The number of aromatic nitrogens is 4. The van der Waals surface area contributed by atoms with Crippen molar-refractivity contribution in [2.75, 3.05) is 18.4 Å². The van der Waals surface area contributed by atoms with Crippen molar-refractivity contribution in [3.8, 4) is 11.5 Å². The number of nitrogens with one attached hydrogen (secondary N) is 1. The number of rotatable bonds is 5. The number of likely N-dealkylation sites (tertiary alicyclic amines) is 1. The van der Waals surface area contributed by atoms with Crippen molar-refractivity contribution in [3.63, 3.8) is 0 Å². The van der Waals surface area contributed by atoms with Crippen LogP contribution >= 0.6 is 0 Å². The molecule has 174 valence electrons. The number of benzene rings is 1. The fourth-order valence-electron chi connectivity index (χ4n) is 4.12. The molecule has 1 saturated heterocycles. The zero-order valence-corrected chi connectivity index (χ0v) is 18.9. The Morgan fingerprint density at radius 2 is 2.06 bits per heavy atom. The fourth-order valence-corrected chi connectivity index (χ4v) is 4.12. The van der Waals surface area contributed by atoms with Crippen LogP contribution in [0.25, 0.3) is 22.5 Å². The Labute approximate surface area is 195 Å². The zero-order valence-electron chi connectivity index (χ0n) is 18.9. The van der Waals surface area contributed by atoms with Gasteiger partial charge in [0.2, 0.25) is 0 Å². The Kier molecular flexibility index (Phi) is 5.58. The normalized spacial score (nSPS) is 15.9. The number of hydrogen-bond donors (Lipinski definition) is 2. The van der Waals surface area contributed by atoms with Gasteiger partial charge in [-0.05, 0) is 44.5 Å². The summed E-state index contributed by atoms with van der Waals surface area (Å²) in [4.78, 5) is 32.1. The summed E-state index contributed by atoms with van der Waals surface area (Å²) in [6, 6.07) is 12.1. The minimum absolute atomic E-state index is 0.0110. The van der Waals surface area contributed by atoms with E-state index < -0.39 is 0 Å². The quantitative estimate of drug-likeness (QED) is 0.466. The monoisotopic (exact) mass is 459 g/mol. The van der Waals surface area contributed by atoms with Crippen molar-refractivity contribution in [3.05, 3.63) is 64.8 Å². The third kappa shape index (κ3) is 4.03. The van der Waals surface area contributed by atoms with Crippen molar-refractivity contribution >= 4 is 28.4 Å². The van der Waals surface area contributed by atoms with Crippen LogP contribution in [0.5, 0.6) is 0 Å². The number of hydrogen-bond acceptors (Lipinski definition) is 8. The zero-order chi connectivity index (χ0) is 23.8. The summed E-state index contributed by atoms with van der Waals surface area (Å²) < 4.78 is 7.78. The molecule has 0 unspecified atom stereocenters. The number of anilines is 2. The van der Waals surface area contributed by atoms with Gasteiger partial charge in [0.05, 0.1) is 11.1 Å².